The molecule has 0 saturated heterocycles. The summed E-state index contributed by atoms with van der Waals surface area (Å²) < 4.78 is 14.5. The van der Waals surface area contributed by atoms with Gasteiger partial charge in [0.05, 0.1) is 28.5 Å². The molecule has 0 amide bonds. The van der Waals surface area contributed by atoms with Gasteiger partial charge in [-0.2, -0.15) is 0 Å². The average molecular weight is 686 g/mol. The molecule has 6 rings (SSSR count). The van der Waals surface area contributed by atoms with Crippen molar-refractivity contribution in [2.24, 2.45) is 4.99 Å². The van der Waals surface area contributed by atoms with Crippen LogP contribution in [0.25, 0.3) is 11.8 Å². The fourth-order valence-corrected chi connectivity index (χ4v) is 6.35. The van der Waals surface area contributed by atoms with Crippen molar-refractivity contribution in [2.45, 2.75) is 19.6 Å². The summed E-state index contributed by atoms with van der Waals surface area (Å²) in [6, 6.07) is 31.4. The Morgan fingerprint density at radius 3 is 2.36 bits per heavy atom. The Kier molecular flexibility index (Phi) is 8.93. The van der Waals surface area contributed by atoms with E-state index in [4.69, 9.17) is 26.1 Å². The van der Waals surface area contributed by atoms with Crippen LogP contribution in [0.1, 0.15) is 35.2 Å². The second-order valence-electron chi connectivity index (χ2n) is 9.97. The summed E-state index contributed by atoms with van der Waals surface area (Å²) in [6.45, 7) is 2.39. The summed E-state index contributed by atoms with van der Waals surface area (Å²) in [5.41, 5.74) is 3.90. The van der Waals surface area contributed by atoms with E-state index in [1.807, 2.05) is 97.1 Å². The summed E-state index contributed by atoms with van der Waals surface area (Å²) in [4.78, 5) is 33.0. The Bertz CT molecular complexity index is 2020. The third-order valence-electron chi connectivity index (χ3n) is 7.06. The van der Waals surface area contributed by atoms with Crippen LogP contribution in [0.5, 0.6) is 5.75 Å². The highest BCUT2D eigenvalue weighted by Crippen LogP contribution is 2.35. The number of ether oxygens (including phenoxy) is 2. The number of halogens is 2. The smallest absolute Gasteiger partial charge is 0.338 e. The highest BCUT2D eigenvalue weighted by Gasteiger charge is 2.35. The molecule has 0 aliphatic carbocycles. The Balaban J connectivity index is 1.42. The van der Waals surface area contributed by atoms with Gasteiger partial charge in [-0.05, 0) is 66.1 Å². The summed E-state index contributed by atoms with van der Waals surface area (Å²) in [7, 11) is 0. The molecular formula is C35H26BrClN2O4S. The first-order valence-electron chi connectivity index (χ1n) is 13.9. The Hall–Kier alpha value is -4.24. The molecule has 1 aliphatic rings. The topological polar surface area (TPSA) is 69.9 Å². The first-order chi connectivity index (χ1) is 21.4. The normalized spacial score (nSPS) is 14.6. The summed E-state index contributed by atoms with van der Waals surface area (Å²) in [6.07, 6.45) is 1.83. The quantitative estimate of drug-likeness (QED) is 0.166. The van der Waals surface area contributed by atoms with Crippen LogP contribution in [-0.4, -0.2) is 17.1 Å². The van der Waals surface area contributed by atoms with Crippen molar-refractivity contribution in [3.8, 4) is 5.75 Å². The molecule has 1 aromatic heterocycles. The number of aromatic nitrogens is 1. The molecule has 9 heteroatoms. The van der Waals surface area contributed by atoms with E-state index < -0.39 is 12.0 Å². The molecule has 6 nitrogen and oxygen atoms in total. The van der Waals surface area contributed by atoms with E-state index >= 15 is 0 Å². The lowest BCUT2D eigenvalue weighted by molar-refractivity contribution is -0.138. The molecule has 2 heterocycles. The van der Waals surface area contributed by atoms with Gasteiger partial charge in [-0.15, -0.1) is 0 Å². The largest absolute Gasteiger partial charge is 0.489 e. The first kappa shape index (κ1) is 29.8. The number of thiazole rings is 1. The van der Waals surface area contributed by atoms with E-state index in [-0.39, 0.29) is 12.2 Å². The zero-order valence-corrected chi connectivity index (χ0v) is 26.7. The van der Waals surface area contributed by atoms with Crippen molar-refractivity contribution in [1.82, 2.24) is 4.57 Å². The van der Waals surface area contributed by atoms with Gasteiger partial charge in [0.15, 0.2) is 4.80 Å². The highest BCUT2D eigenvalue weighted by atomic mass is 79.9. The molecule has 4 aromatic carbocycles. The Morgan fingerprint density at radius 1 is 0.977 bits per heavy atom. The zero-order chi connectivity index (χ0) is 30.6. The number of carbonyl (C=O) groups excluding carboxylic acids is 1. The maximum Gasteiger partial charge on any atom is 0.338 e. The van der Waals surface area contributed by atoms with Crippen LogP contribution in [-0.2, 0) is 16.1 Å². The van der Waals surface area contributed by atoms with Crippen molar-refractivity contribution < 1.29 is 14.3 Å². The molecule has 5 aromatic rings. The van der Waals surface area contributed by atoms with E-state index in [1.54, 1.807) is 23.6 Å². The van der Waals surface area contributed by atoms with Gasteiger partial charge in [0.25, 0.3) is 5.56 Å². The third-order valence-corrected chi connectivity index (χ3v) is 8.82. The lowest BCUT2D eigenvalue weighted by atomic mass is 9.93. The number of rotatable bonds is 8. The van der Waals surface area contributed by atoms with E-state index in [9.17, 15) is 9.59 Å². The van der Waals surface area contributed by atoms with E-state index in [0.717, 1.165) is 32.5 Å². The Labute approximate surface area is 271 Å². The van der Waals surface area contributed by atoms with Crippen LogP contribution < -0.4 is 19.6 Å². The van der Waals surface area contributed by atoms with Gasteiger partial charge in [-0.3, -0.25) is 9.36 Å². The van der Waals surface area contributed by atoms with E-state index in [1.165, 1.54) is 11.3 Å². The van der Waals surface area contributed by atoms with E-state index in [0.29, 0.717) is 32.2 Å². The van der Waals surface area contributed by atoms with Crippen LogP contribution in [0.15, 0.2) is 123 Å². The molecule has 0 radical (unpaired) electrons. The molecule has 1 atom stereocenters. The fraction of sp³-hybridized carbons (Fsp3) is 0.114. The Morgan fingerprint density at radius 2 is 1.68 bits per heavy atom. The number of esters is 1. The van der Waals surface area contributed by atoms with Crippen molar-refractivity contribution in [3.63, 3.8) is 0 Å². The van der Waals surface area contributed by atoms with Crippen LogP contribution in [0.2, 0.25) is 5.02 Å². The second-order valence-corrected chi connectivity index (χ2v) is 12.3. The molecule has 0 saturated carbocycles. The van der Waals surface area contributed by atoms with Gasteiger partial charge < -0.3 is 9.47 Å². The number of hydrogen-bond donors (Lipinski definition) is 0. The average Bonchev–Trinajstić information content (AvgIpc) is 3.35. The van der Waals surface area contributed by atoms with Crippen LogP contribution >= 0.6 is 38.9 Å². The number of benzene rings is 4. The number of hydrogen-bond acceptors (Lipinski definition) is 6. The van der Waals surface area contributed by atoms with Gasteiger partial charge in [-0.25, -0.2) is 9.79 Å². The lowest BCUT2D eigenvalue weighted by Crippen LogP contribution is -2.40. The predicted octanol–water partition coefficient (Wildman–Crippen LogP) is 6.93. The summed E-state index contributed by atoms with van der Waals surface area (Å²) in [5.74, 6) is 0.198. The van der Waals surface area contributed by atoms with Crippen molar-refractivity contribution >= 4 is 56.6 Å². The number of nitrogens with zero attached hydrogens (tertiary/aromatic N) is 2. The van der Waals surface area contributed by atoms with Gasteiger partial charge in [-0.1, -0.05) is 106 Å². The standard InChI is InChI=1S/C35H26BrClN2O4S/c1-2-42-34(41)30-31(24-6-4-3-5-7-24)38-35-39(32(30)25-12-16-27(37)17-13-25)33(40)29(44-35)20-22-10-18-28(19-11-22)43-21-23-8-14-26(36)15-9-23/h3-20,32H,2,21H2,1H3/b29-20-/t32-/m1/s1. The third kappa shape index (κ3) is 6.33. The van der Waals surface area contributed by atoms with Gasteiger partial charge in [0, 0.05) is 15.1 Å². The first-order valence-corrected chi connectivity index (χ1v) is 15.9. The van der Waals surface area contributed by atoms with Crippen molar-refractivity contribution in [3.05, 3.63) is 160 Å². The van der Waals surface area contributed by atoms with E-state index in [2.05, 4.69) is 15.9 Å². The van der Waals surface area contributed by atoms with Gasteiger partial charge >= 0.3 is 5.97 Å². The fourth-order valence-electron chi connectivity index (χ4n) is 4.96. The molecular weight excluding hydrogens is 660 g/mol. The minimum absolute atomic E-state index is 0.186. The van der Waals surface area contributed by atoms with Crippen molar-refractivity contribution in [2.75, 3.05) is 6.61 Å². The second kappa shape index (κ2) is 13.2. The molecule has 0 unspecified atom stereocenters. The number of fused-ring (bicyclic) bond motifs is 1. The predicted molar refractivity (Wildman–Crippen MR) is 177 cm³/mol. The maximum absolute atomic E-state index is 14.0. The monoisotopic (exact) mass is 684 g/mol. The zero-order valence-electron chi connectivity index (χ0n) is 23.6. The lowest BCUT2D eigenvalue weighted by Gasteiger charge is -2.25. The summed E-state index contributed by atoms with van der Waals surface area (Å²) in [5, 5.41) is 0.551. The maximum atomic E-state index is 14.0. The van der Waals surface area contributed by atoms with Gasteiger partial charge in [0.2, 0.25) is 0 Å². The SMILES string of the molecule is CCOC(=O)C1=C(c2ccccc2)N=c2s/c(=C\c3ccc(OCc4ccc(Br)cc4)cc3)c(=O)n2[C@@H]1c1ccc(Cl)cc1. The number of carbonyl (C=O) groups is 1. The van der Waals surface area contributed by atoms with Crippen LogP contribution in [0.3, 0.4) is 0 Å². The molecule has 220 valence electrons. The summed E-state index contributed by atoms with van der Waals surface area (Å²) >= 11 is 10.9. The minimum atomic E-state index is -0.755. The minimum Gasteiger partial charge on any atom is -0.489 e. The van der Waals surface area contributed by atoms with Gasteiger partial charge in [0.1, 0.15) is 12.4 Å². The van der Waals surface area contributed by atoms with Crippen LogP contribution in [0, 0.1) is 0 Å². The molecule has 44 heavy (non-hydrogen) atoms. The van der Waals surface area contributed by atoms with Crippen molar-refractivity contribution in [1.29, 1.82) is 0 Å². The molecule has 0 N–H and O–H groups in total. The van der Waals surface area contributed by atoms with Crippen LogP contribution in [0.4, 0.5) is 0 Å². The molecule has 1 aliphatic heterocycles. The molecule has 0 fully saturated rings. The molecule has 0 bridgehead atoms. The molecule has 0 spiro atoms. The highest BCUT2D eigenvalue weighted by molar-refractivity contribution is 9.10.